The summed E-state index contributed by atoms with van der Waals surface area (Å²) >= 11 is 0. The Labute approximate surface area is 119 Å². The first kappa shape index (κ1) is 12.5. The molecule has 0 heterocycles. The molecule has 20 heavy (non-hydrogen) atoms. The minimum absolute atomic E-state index is 0.589. The van der Waals surface area contributed by atoms with Gasteiger partial charge >= 0.3 is 0 Å². The van der Waals surface area contributed by atoms with Gasteiger partial charge in [0.05, 0.1) is 0 Å². The molecule has 3 aromatic rings. The first-order chi connectivity index (χ1) is 9.92. The number of benzene rings is 3. The van der Waals surface area contributed by atoms with Crippen LogP contribution in [0.4, 0.5) is 0 Å². The summed E-state index contributed by atoms with van der Waals surface area (Å²) < 4.78 is 5.84. The number of hydrogen-bond acceptors (Lipinski definition) is 1. The Morgan fingerprint density at radius 2 is 1.65 bits per heavy atom. The van der Waals surface area contributed by atoms with E-state index in [1.165, 1.54) is 5.56 Å². The molecule has 0 aromatic heterocycles. The van der Waals surface area contributed by atoms with Crippen molar-refractivity contribution in [2.75, 3.05) is 0 Å². The largest absolute Gasteiger partial charge is 0.489 e. The van der Waals surface area contributed by atoms with Crippen LogP contribution in [0.15, 0.2) is 78.9 Å². The predicted molar refractivity (Wildman–Crippen MR) is 81.5 cm³/mol. The van der Waals surface area contributed by atoms with E-state index in [4.69, 9.17) is 4.74 Å². The summed E-state index contributed by atoms with van der Waals surface area (Å²) in [4.78, 5) is 0. The Morgan fingerprint density at radius 3 is 2.45 bits per heavy atom. The second-order valence-corrected chi connectivity index (χ2v) is 4.59. The Hall–Kier alpha value is -2.54. The summed E-state index contributed by atoms with van der Waals surface area (Å²) in [6.45, 7) is 0.589. The molecule has 3 aromatic carbocycles. The Bertz CT molecular complexity index is 660. The molecule has 1 nitrogen and oxygen atoms in total. The molecular weight excluding hydrogens is 244 g/mol. The summed E-state index contributed by atoms with van der Waals surface area (Å²) in [6, 6.07) is 29.4. The van der Waals surface area contributed by atoms with Gasteiger partial charge < -0.3 is 4.74 Å². The molecule has 0 fully saturated rings. The van der Waals surface area contributed by atoms with E-state index >= 15 is 0 Å². The summed E-state index contributed by atoms with van der Waals surface area (Å²) in [5.74, 6) is 0.884. The van der Waals surface area contributed by atoms with E-state index in [0.717, 1.165) is 16.9 Å². The average molecular weight is 259 g/mol. The fraction of sp³-hybridized carbons (Fsp3) is 0.0526. The molecule has 0 amide bonds. The van der Waals surface area contributed by atoms with Crippen molar-refractivity contribution in [1.82, 2.24) is 0 Å². The van der Waals surface area contributed by atoms with Gasteiger partial charge in [0.1, 0.15) is 12.4 Å². The Balaban J connectivity index is 1.75. The van der Waals surface area contributed by atoms with E-state index in [-0.39, 0.29) is 0 Å². The minimum Gasteiger partial charge on any atom is -0.489 e. The van der Waals surface area contributed by atoms with Gasteiger partial charge in [0.2, 0.25) is 0 Å². The molecule has 0 unspecified atom stereocenters. The van der Waals surface area contributed by atoms with Gasteiger partial charge in [0.15, 0.2) is 0 Å². The van der Waals surface area contributed by atoms with Gasteiger partial charge in [-0.3, -0.25) is 0 Å². The maximum Gasteiger partial charge on any atom is 0.120 e. The van der Waals surface area contributed by atoms with Crippen LogP contribution < -0.4 is 4.74 Å². The van der Waals surface area contributed by atoms with Crippen molar-refractivity contribution in [3.05, 3.63) is 90.5 Å². The Kier molecular flexibility index (Phi) is 3.79. The lowest BCUT2D eigenvalue weighted by atomic mass is 10.1. The second-order valence-electron chi connectivity index (χ2n) is 4.59. The SMILES string of the molecule is [c]1cccc(-c2cccc(OCc3ccccc3)c2)c1. The van der Waals surface area contributed by atoms with Gasteiger partial charge in [-0.1, -0.05) is 60.7 Å². The highest BCUT2D eigenvalue weighted by Crippen LogP contribution is 2.23. The van der Waals surface area contributed by atoms with E-state index in [1.807, 2.05) is 48.5 Å². The molecule has 0 spiro atoms. The zero-order valence-corrected chi connectivity index (χ0v) is 11.1. The topological polar surface area (TPSA) is 9.23 Å². The van der Waals surface area contributed by atoms with Crippen LogP contribution in [0, 0.1) is 6.07 Å². The van der Waals surface area contributed by atoms with Gasteiger partial charge in [-0.25, -0.2) is 0 Å². The third-order valence-electron chi connectivity index (χ3n) is 3.12. The molecular formula is C19H15O. The van der Waals surface area contributed by atoms with Crippen molar-refractivity contribution < 1.29 is 4.74 Å². The Morgan fingerprint density at radius 1 is 0.800 bits per heavy atom. The number of hydrogen-bond donors (Lipinski definition) is 0. The van der Waals surface area contributed by atoms with Gasteiger partial charge in [0.25, 0.3) is 0 Å². The highest BCUT2D eigenvalue weighted by Gasteiger charge is 2.00. The lowest BCUT2D eigenvalue weighted by molar-refractivity contribution is 0.306. The molecule has 0 aliphatic carbocycles. The van der Waals surface area contributed by atoms with E-state index in [2.05, 4.69) is 36.4 Å². The molecule has 0 N–H and O–H groups in total. The van der Waals surface area contributed by atoms with E-state index in [9.17, 15) is 0 Å². The van der Waals surface area contributed by atoms with Gasteiger partial charge in [-0.2, -0.15) is 0 Å². The standard InChI is InChI=1S/C19H15O/c1-3-8-16(9-4-1)15-20-19-13-7-12-18(14-19)17-10-5-2-6-11-17/h1-5,7-14H,15H2. The molecule has 97 valence electrons. The van der Waals surface area contributed by atoms with Gasteiger partial charge in [-0.05, 0) is 41.0 Å². The van der Waals surface area contributed by atoms with Crippen LogP contribution in [0.2, 0.25) is 0 Å². The van der Waals surface area contributed by atoms with Crippen LogP contribution >= 0.6 is 0 Å². The quantitative estimate of drug-likeness (QED) is 0.658. The van der Waals surface area contributed by atoms with Crippen LogP contribution in [0.3, 0.4) is 0 Å². The molecule has 0 aliphatic rings. The summed E-state index contributed by atoms with van der Waals surface area (Å²) in [6.07, 6.45) is 0. The molecule has 0 saturated carbocycles. The summed E-state index contributed by atoms with van der Waals surface area (Å²) in [7, 11) is 0. The zero-order chi connectivity index (χ0) is 13.6. The third-order valence-corrected chi connectivity index (χ3v) is 3.12. The lowest BCUT2D eigenvalue weighted by Gasteiger charge is -2.08. The number of rotatable bonds is 4. The average Bonchev–Trinajstić information content (AvgIpc) is 2.55. The first-order valence-electron chi connectivity index (χ1n) is 6.65. The lowest BCUT2D eigenvalue weighted by Crippen LogP contribution is -1.94. The molecule has 0 bridgehead atoms. The van der Waals surface area contributed by atoms with Crippen LogP contribution in [0.1, 0.15) is 5.56 Å². The van der Waals surface area contributed by atoms with Crippen LogP contribution in [0.25, 0.3) is 11.1 Å². The second kappa shape index (κ2) is 6.07. The van der Waals surface area contributed by atoms with Crippen LogP contribution in [0.5, 0.6) is 5.75 Å². The van der Waals surface area contributed by atoms with E-state index in [1.54, 1.807) is 0 Å². The molecule has 0 aliphatic heterocycles. The normalized spacial score (nSPS) is 10.2. The molecule has 1 heteroatoms. The van der Waals surface area contributed by atoms with E-state index in [0.29, 0.717) is 6.61 Å². The third kappa shape index (κ3) is 3.07. The van der Waals surface area contributed by atoms with Crippen molar-refractivity contribution in [1.29, 1.82) is 0 Å². The predicted octanol–water partition coefficient (Wildman–Crippen LogP) is 4.73. The van der Waals surface area contributed by atoms with Gasteiger partial charge in [0, 0.05) is 0 Å². The van der Waals surface area contributed by atoms with Crippen molar-refractivity contribution in [2.24, 2.45) is 0 Å². The van der Waals surface area contributed by atoms with Crippen LogP contribution in [-0.4, -0.2) is 0 Å². The van der Waals surface area contributed by atoms with E-state index < -0.39 is 0 Å². The first-order valence-corrected chi connectivity index (χ1v) is 6.65. The van der Waals surface area contributed by atoms with Crippen molar-refractivity contribution in [3.63, 3.8) is 0 Å². The van der Waals surface area contributed by atoms with Crippen LogP contribution in [-0.2, 0) is 6.61 Å². The summed E-state index contributed by atoms with van der Waals surface area (Å²) in [5.41, 5.74) is 3.47. The maximum absolute atomic E-state index is 5.84. The molecule has 0 saturated heterocycles. The zero-order valence-electron chi connectivity index (χ0n) is 11.1. The molecule has 1 radical (unpaired) electrons. The van der Waals surface area contributed by atoms with Crippen molar-refractivity contribution in [2.45, 2.75) is 6.61 Å². The highest BCUT2D eigenvalue weighted by atomic mass is 16.5. The maximum atomic E-state index is 5.84. The highest BCUT2D eigenvalue weighted by molar-refractivity contribution is 5.64. The van der Waals surface area contributed by atoms with Gasteiger partial charge in [-0.15, -0.1) is 0 Å². The fourth-order valence-corrected chi connectivity index (χ4v) is 2.08. The molecule has 3 rings (SSSR count). The molecule has 0 atom stereocenters. The number of ether oxygens (including phenoxy) is 1. The van der Waals surface area contributed by atoms with Crippen molar-refractivity contribution >= 4 is 0 Å². The monoisotopic (exact) mass is 259 g/mol. The van der Waals surface area contributed by atoms with Crippen molar-refractivity contribution in [3.8, 4) is 16.9 Å². The smallest absolute Gasteiger partial charge is 0.120 e. The minimum atomic E-state index is 0.589. The summed E-state index contributed by atoms with van der Waals surface area (Å²) in [5, 5.41) is 0. The fourth-order valence-electron chi connectivity index (χ4n) is 2.08.